The zero-order valence-electron chi connectivity index (χ0n) is 8.99. The van der Waals surface area contributed by atoms with E-state index in [2.05, 4.69) is 20.2 Å². The van der Waals surface area contributed by atoms with Gasteiger partial charge in [-0.05, 0) is 12.8 Å². The highest BCUT2D eigenvalue weighted by Gasteiger charge is 2.19. The lowest BCUT2D eigenvalue weighted by Crippen LogP contribution is -2.08. The van der Waals surface area contributed by atoms with Crippen LogP contribution in [-0.2, 0) is 0 Å². The van der Waals surface area contributed by atoms with Gasteiger partial charge in [0.2, 0.25) is 0 Å². The molecule has 1 aliphatic carbocycles. The number of aromatic amines is 2. The molecule has 0 bridgehead atoms. The van der Waals surface area contributed by atoms with Crippen molar-refractivity contribution in [2.75, 3.05) is 0 Å². The second-order valence-corrected chi connectivity index (χ2v) is 4.42. The van der Waals surface area contributed by atoms with Gasteiger partial charge in [0.25, 0.3) is 5.56 Å². The van der Waals surface area contributed by atoms with Gasteiger partial charge in [0.1, 0.15) is 5.82 Å². The fraction of sp³-hybridized carbons (Fsp3) is 0.545. The van der Waals surface area contributed by atoms with Crippen molar-refractivity contribution in [2.45, 2.75) is 38.0 Å². The lowest BCUT2D eigenvalue weighted by atomic mass is 9.89. The highest BCUT2D eigenvalue weighted by molar-refractivity contribution is 5.72. The molecule has 0 atom stereocenters. The van der Waals surface area contributed by atoms with Crippen molar-refractivity contribution < 1.29 is 0 Å². The minimum Gasteiger partial charge on any atom is -0.340 e. The number of rotatable bonds is 1. The Kier molecular flexibility index (Phi) is 2.23. The molecule has 0 aromatic carbocycles. The Hall–Kier alpha value is -1.65. The number of fused-ring (bicyclic) bond motifs is 1. The van der Waals surface area contributed by atoms with Crippen LogP contribution in [0, 0.1) is 0 Å². The van der Waals surface area contributed by atoms with Crippen LogP contribution >= 0.6 is 0 Å². The number of H-pyrrole nitrogens is 2. The third kappa shape index (κ3) is 1.52. The summed E-state index contributed by atoms with van der Waals surface area (Å²) in [4.78, 5) is 19.1. The molecule has 16 heavy (non-hydrogen) atoms. The quantitative estimate of drug-likeness (QED) is 0.764. The van der Waals surface area contributed by atoms with E-state index < -0.39 is 0 Å². The summed E-state index contributed by atoms with van der Waals surface area (Å²) in [5, 5.41) is 6.16. The summed E-state index contributed by atoms with van der Waals surface area (Å²) in [6, 6.07) is 0. The Morgan fingerprint density at radius 3 is 2.81 bits per heavy atom. The van der Waals surface area contributed by atoms with Gasteiger partial charge < -0.3 is 4.98 Å². The van der Waals surface area contributed by atoms with Crippen molar-refractivity contribution >= 4 is 11.0 Å². The topological polar surface area (TPSA) is 74.4 Å². The molecule has 1 saturated carbocycles. The molecule has 0 radical (unpaired) electrons. The van der Waals surface area contributed by atoms with E-state index in [9.17, 15) is 4.79 Å². The van der Waals surface area contributed by atoms with Gasteiger partial charge in [0, 0.05) is 5.92 Å². The van der Waals surface area contributed by atoms with E-state index in [1.165, 1.54) is 32.1 Å². The summed E-state index contributed by atoms with van der Waals surface area (Å²) >= 11 is 0. The van der Waals surface area contributed by atoms with Crippen LogP contribution in [-0.4, -0.2) is 20.2 Å². The smallest absolute Gasteiger partial charge is 0.292 e. The SMILES string of the molecule is O=c1[nH]ncc2[nH]c(C3CCCCC3)nc12. The van der Waals surface area contributed by atoms with Gasteiger partial charge in [-0.15, -0.1) is 0 Å². The molecule has 0 unspecified atom stereocenters. The van der Waals surface area contributed by atoms with Crippen molar-refractivity contribution in [3.8, 4) is 0 Å². The van der Waals surface area contributed by atoms with E-state index in [1.807, 2.05) is 0 Å². The molecule has 2 heterocycles. The predicted molar refractivity (Wildman–Crippen MR) is 60.3 cm³/mol. The third-order valence-corrected chi connectivity index (χ3v) is 3.32. The Labute approximate surface area is 92.3 Å². The number of imidazole rings is 1. The van der Waals surface area contributed by atoms with Gasteiger partial charge >= 0.3 is 0 Å². The van der Waals surface area contributed by atoms with Crippen LogP contribution in [0.25, 0.3) is 11.0 Å². The van der Waals surface area contributed by atoms with Crippen molar-refractivity contribution in [1.29, 1.82) is 0 Å². The van der Waals surface area contributed by atoms with Crippen molar-refractivity contribution in [3.63, 3.8) is 0 Å². The molecule has 1 fully saturated rings. The fourth-order valence-corrected chi connectivity index (χ4v) is 2.45. The monoisotopic (exact) mass is 218 g/mol. The minimum absolute atomic E-state index is 0.212. The third-order valence-electron chi connectivity index (χ3n) is 3.32. The van der Waals surface area contributed by atoms with Crippen LogP contribution in [0.5, 0.6) is 0 Å². The first-order valence-corrected chi connectivity index (χ1v) is 5.78. The molecule has 2 aromatic rings. The maximum atomic E-state index is 11.5. The molecule has 84 valence electrons. The number of aromatic nitrogens is 4. The van der Waals surface area contributed by atoms with E-state index in [4.69, 9.17) is 0 Å². The summed E-state index contributed by atoms with van der Waals surface area (Å²) in [5.74, 6) is 1.44. The highest BCUT2D eigenvalue weighted by Crippen LogP contribution is 2.31. The number of nitrogens with one attached hydrogen (secondary N) is 2. The molecule has 1 aliphatic rings. The lowest BCUT2D eigenvalue weighted by molar-refractivity contribution is 0.431. The number of hydrogen-bond donors (Lipinski definition) is 2. The van der Waals surface area contributed by atoms with Crippen LogP contribution in [0.4, 0.5) is 0 Å². The summed E-state index contributed by atoms with van der Waals surface area (Å²) in [7, 11) is 0. The van der Waals surface area contributed by atoms with Gasteiger partial charge in [-0.3, -0.25) is 4.79 Å². The first kappa shape index (κ1) is 9.57. The van der Waals surface area contributed by atoms with Gasteiger partial charge in [-0.1, -0.05) is 19.3 Å². The first-order valence-electron chi connectivity index (χ1n) is 5.78. The zero-order valence-corrected chi connectivity index (χ0v) is 8.99. The molecule has 0 aliphatic heterocycles. The molecule has 5 nitrogen and oxygen atoms in total. The Morgan fingerprint density at radius 2 is 2.06 bits per heavy atom. The number of nitrogens with zero attached hydrogens (tertiary/aromatic N) is 2. The van der Waals surface area contributed by atoms with E-state index in [-0.39, 0.29) is 5.56 Å². The van der Waals surface area contributed by atoms with Crippen molar-refractivity contribution in [1.82, 2.24) is 20.2 Å². The van der Waals surface area contributed by atoms with E-state index in [0.717, 1.165) is 11.3 Å². The molecule has 5 heteroatoms. The predicted octanol–water partition coefficient (Wildman–Crippen LogP) is 1.69. The van der Waals surface area contributed by atoms with Gasteiger partial charge in [-0.2, -0.15) is 5.10 Å². The molecule has 0 spiro atoms. The normalized spacial score (nSPS) is 18.0. The molecule has 2 N–H and O–H groups in total. The average Bonchev–Trinajstić information content (AvgIpc) is 2.76. The summed E-state index contributed by atoms with van der Waals surface area (Å²) in [6.07, 6.45) is 7.80. The van der Waals surface area contributed by atoms with Gasteiger partial charge in [0.15, 0.2) is 5.52 Å². The maximum absolute atomic E-state index is 11.5. The van der Waals surface area contributed by atoms with Crippen LogP contribution in [0.1, 0.15) is 43.8 Å². The van der Waals surface area contributed by atoms with Crippen LogP contribution in [0.3, 0.4) is 0 Å². The van der Waals surface area contributed by atoms with Crippen LogP contribution in [0.2, 0.25) is 0 Å². The lowest BCUT2D eigenvalue weighted by Gasteiger charge is -2.18. The fourth-order valence-electron chi connectivity index (χ4n) is 2.45. The average molecular weight is 218 g/mol. The molecule has 3 rings (SSSR count). The van der Waals surface area contributed by atoms with E-state index >= 15 is 0 Å². The Morgan fingerprint density at radius 1 is 1.25 bits per heavy atom. The summed E-state index contributed by atoms with van der Waals surface area (Å²) in [5.41, 5.74) is 1.01. The number of hydrogen-bond acceptors (Lipinski definition) is 3. The Balaban J connectivity index is 2.04. The van der Waals surface area contributed by atoms with E-state index in [0.29, 0.717) is 11.4 Å². The minimum atomic E-state index is -0.212. The second kappa shape index (κ2) is 3.73. The molecule has 0 saturated heterocycles. The van der Waals surface area contributed by atoms with Crippen molar-refractivity contribution in [2.24, 2.45) is 0 Å². The van der Waals surface area contributed by atoms with Gasteiger partial charge in [0.05, 0.1) is 11.7 Å². The standard InChI is InChI=1S/C11H14N4O/c16-11-9-8(6-12-15-11)13-10(14-9)7-4-2-1-3-5-7/h6-7H,1-5H2,(H,13,14)(H,15,16). The van der Waals surface area contributed by atoms with Crippen LogP contribution in [0.15, 0.2) is 11.0 Å². The van der Waals surface area contributed by atoms with Gasteiger partial charge in [-0.25, -0.2) is 10.1 Å². The largest absolute Gasteiger partial charge is 0.340 e. The molecule has 0 amide bonds. The van der Waals surface area contributed by atoms with Crippen molar-refractivity contribution in [3.05, 3.63) is 22.4 Å². The zero-order chi connectivity index (χ0) is 11.0. The van der Waals surface area contributed by atoms with Crippen LogP contribution < -0.4 is 5.56 Å². The summed E-state index contributed by atoms with van der Waals surface area (Å²) < 4.78 is 0. The molecular formula is C11H14N4O. The first-order chi connectivity index (χ1) is 7.84. The van der Waals surface area contributed by atoms with E-state index in [1.54, 1.807) is 6.20 Å². The Bertz CT molecular complexity index is 550. The second-order valence-electron chi connectivity index (χ2n) is 4.42. The summed E-state index contributed by atoms with van der Waals surface area (Å²) in [6.45, 7) is 0. The molecule has 2 aromatic heterocycles. The maximum Gasteiger partial charge on any atom is 0.292 e. The molecular weight excluding hydrogens is 204 g/mol. The highest BCUT2D eigenvalue weighted by atomic mass is 16.1.